The third kappa shape index (κ3) is 6.58. The van der Waals surface area contributed by atoms with Crippen molar-refractivity contribution in [3.63, 3.8) is 0 Å². The van der Waals surface area contributed by atoms with Crippen LogP contribution in [0.25, 0.3) is 0 Å². The average Bonchev–Trinajstić information content (AvgIpc) is 2.39. The number of nitrogens with zero attached hydrogens (tertiary/aromatic N) is 1. The van der Waals surface area contributed by atoms with Crippen molar-refractivity contribution >= 4 is 31.9 Å². The van der Waals surface area contributed by atoms with E-state index in [0.29, 0.717) is 19.6 Å². The molecule has 1 rings (SSSR count). The lowest BCUT2D eigenvalue weighted by Gasteiger charge is -2.19. The molecule has 0 aliphatic carbocycles. The molecule has 5 nitrogen and oxygen atoms in total. The first-order valence-electron chi connectivity index (χ1n) is 6.79. The van der Waals surface area contributed by atoms with E-state index in [1.54, 1.807) is 0 Å². The van der Waals surface area contributed by atoms with Crippen LogP contribution in [0.15, 0.2) is 28.7 Å². The Labute approximate surface area is 134 Å². The Hall–Kier alpha value is -0.920. The summed E-state index contributed by atoms with van der Waals surface area (Å²) < 4.78 is 25.4. The molecule has 1 amide bonds. The van der Waals surface area contributed by atoms with E-state index >= 15 is 0 Å². The lowest BCUT2D eigenvalue weighted by molar-refractivity contribution is -0.120. The van der Waals surface area contributed by atoms with E-state index < -0.39 is 10.0 Å². The smallest absolute Gasteiger partial charge is 0.224 e. The third-order valence-electron chi connectivity index (χ3n) is 2.93. The zero-order chi connectivity index (χ0) is 15.9. The van der Waals surface area contributed by atoms with Gasteiger partial charge in [-0.25, -0.2) is 12.7 Å². The highest BCUT2D eigenvalue weighted by Crippen LogP contribution is 2.16. The normalized spacial score (nSPS) is 11.6. The van der Waals surface area contributed by atoms with E-state index in [-0.39, 0.29) is 12.3 Å². The molecule has 7 heteroatoms. The van der Waals surface area contributed by atoms with Crippen LogP contribution in [0.4, 0.5) is 0 Å². The van der Waals surface area contributed by atoms with Gasteiger partial charge in [-0.2, -0.15) is 0 Å². The zero-order valence-electron chi connectivity index (χ0n) is 12.3. The number of hydrogen-bond donors (Lipinski definition) is 1. The summed E-state index contributed by atoms with van der Waals surface area (Å²) in [5.41, 5.74) is 0.906. The molecule has 118 valence electrons. The quantitative estimate of drug-likeness (QED) is 0.751. The van der Waals surface area contributed by atoms with Crippen LogP contribution < -0.4 is 5.32 Å². The Morgan fingerprint density at radius 1 is 1.29 bits per heavy atom. The summed E-state index contributed by atoms with van der Waals surface area (Å²) in [6.07, 6.45) is 2.21. The molecule has 0 aliphatic heterocycles. The van der Waals surface area contributed by atoms with Crippen molar-refractivity contribution in [1.29, 1.82) is 0 Å². The first-order valence-corrected chi connectivity index (χ1v) is 9.44. The number of amides is 1. The molecule has 1 aromatic rings. The molecule has 0 bridgehead atoms. The monoisotopic (exact) mass is 376 g/mol. The van der Waals surface area contributed by atoms with Crippen molar-refractivity contribution in [1.82, 2.24) is 9.62 Å². The van der Waals surface area contributed by atoms with Crippen LogP contribution in [0.3, 0.4) is 0 Å². The number of rotatable bonds is 8. The van der Waals surface area contributed by atoms with Gasteiger partial charge in [0.25, 0.3) is 0 Å². The topological polar surface area (TPSA) is 66.5 Å². The highest BCUT2D eigenvalue weighted by Gasteiger charge is 2.15. The second kappa shape index (κ2) is 8.51. The molecule has 0 radical (unpaired) electrons. The second-order valence-electron chi connectivity index (χ2n) is 4.78. The Morgan fingerprint density at radius 3 is 2.52 bits per heavy atom. The van der Waals surface area contributed by atoms with Crippen molar-refractivity contribution in [2.24, 2.45) is 0 Å². The van der Waals surface area contributed by atoms with E-state index in [0.717, 1.165) is 16.5 Å². The van der Waals surface area contributed by atoms with Crippen molar-refractivity contribution < 1.29 is 13.2 Å². The van der Waals surface area contributed by atoms with Gasteiger partial charge in [0, 0.05) is 24.1 Å². The highest BCUT2D eigenvalue weighted by atomic mass is 79.9. The highest BCUT2D eigenvalue weighted by molar-refractivity contribution is 9.10. The van der Waals surface area contributed by atoms with Crippen molar-refractivity contribution in [3.05, 3.63) is 34.3 Å². The largest absolute Gasteiger partial charge is 0.354 e. The lowest BCUT2D eigenvalue weighted by atomic mass is 10.1. The minimum absolute atomic E-state index is 0.119. The molecular formula is C14H21BrN2O3S. The van der Waals surface area contributed by atoms with E-state index in [2.05, 4.69) is 21.2 Å². The molecule has 0 heterocycles. The average molecular weight is 377 g/mol. The van der Waals surface area contributed by atoms with Crippen LogP contribution >= 0.6 is 15.9 Å². The number of halogens is 1. The predicted octanol–water partition coefficient (Wildman–Crippen LogP) is 1.78. The van der Waals surface area contributed by atoms with Gasteiger partial charge in [-0.1, -0.05) is 41.1 Å². The van der Waals surface area contributed by atoms with Gasteiger partial charge in [0.05, 0.1) is 12.7 Å². The standard InChI is InChI=1S/C14H21BrN2O3S/c1-3-9-17(21(2,19)20)10-8-16-14(18)11-12-6-4-5-7-13(12)15/h4-7H,3,8-11H2,1-2H3,(H,16,18). The Balaban J connectivity index is 2.45. The Bertz CT molecular complexity index is 575. The van der Waals surface area contributed by atoms with Crippen LogP contribution in [0.5, 0.6) is 0 Å². The van der Waals surface area contributed by atoms with Gasteiger partial charge in [-0.3, -0.25) is 4.79 Å². The van der Waals surface area contributed by atoms with E-state index in [1.165, 1.54) is 10.6 Å². The molecule has 21 heavy (non-hydrogen) atoms. The van der Waals surface area contributed by atoms with E-state index in [9.17, 15) is 13.2 Å². The predicted molar refractivity (Wildman–Crippen MR) is 87.6 cm³/mol. The van der Waals surface area contributed by atoms with Gasteiger partial charge in [-0.05, 0) is 18.1 Å². The first-order chi connectivity index (χ1) is 9.84. The molecule has 0 spiro atoms. The molecule has 0 aromatic heterocycles. The minimum atomic E-state index is -3.22. The van der Waals surface area contributed by atoms with Gasteiger partial charge >= 0.3 is 0 Å². The number of nitrogens with one attached hydrogen (secondary N) is 1. The summed E-state index contributed by atoms with van der Waals surface area (Å²) in [7, 11) is -3.22. The molecule has 0 unspecified atom stereocenters. The maximum atomic E-state index is 11.9. The third-order valence-corrected chi connectivity index (χ3v) is 5.01. The van der Waals surface area contributed by atoms with Gasteiger partial charge < -0.3 is 5.32 Å². The number of carbonyl (C=O) groups is 1. The maximum Gasteiger partial charge on any atom is 0.224 e. The molecule has 0 saturated heterocycles. The summed E-state index contributed by atoms with van der Waals surface area (Å²) in [6, 6.07) is 7.53. The van der Waals surface area contributed by atoms with Crippen LogP contribution in [-0.4, -0.2) is 44.5 Å². The number of carbonyl (C=O) groups excluding carboxylic acids is 1. The zero-order valence-corrected chi connectivity index (χ0v) is 14.7. The van der Waals surface area contributed by atoms with E-state index in [4.69, 9.17) is 0 Å². The molecule has 1 aromatic carbocycles. The molecular weight excluding hydrogens is 356 g/mol. The Morgan fingerprint density at radius 2 is 1.95 bits per heavy atom. The van der Waals surface area contributed by atoms with Crippen molar-refractivity contribution in [3.8, 4) is 0 Å². The second-order valence-corrected chi connectivity index (χ2v) is 7.62. The van der Waals surface area contributed by atoms with Gasteiger partial charge in [-0.15, -0.1) is 0 Å². The Kier molecular flexibility index (Phi) is 7.34. The van der Waals surface area contributed by atoms with Crippen LogP contribution in [0.2, 0.25) is 0 Å². The van der Waals surface area contributed by atoms with Crippen molar-refractivity contribution in [2.45, 2.75) is 19.8 Å². The summed E-state index contributed by atoms with van der Waals surface area (Å²) in [6.45, 7) is 3.01. The molecule has 0 fully saturated rings. The number of benzene rings is 1. The molecule has 0 saturated carbocycles. The maximum absolute atomic E-state index is 11.9. The summed E-state index contributed by atoms with van der Waals surface area (Å²) in [4.78, 5) is 11.9. The molecule has 0 aliphatic rings. The van der Waals surface area contributed by atoms with Gasteiger partial charge in [0.1, 0.15) is 0 Å². The summed E-state index contributed by atoms with van der Waals surface area (Å²) >= 11 is 3.40. The molecule has 1 N–H and O–H groups in total. The molecule has 0 atom stereocenters. The van der Waals surface area contributed by atoms with Gasteiger partial charge in [0.2, 0.25) is 15.9 Å². The number of sulfonamides is 1. The fraction of sp³-hybridized carbons (Fsp3) is 0.500. The lowest BCUT2D eigenvalue weighted by Crippen LogP contribution is -2.38. The number of hydrogen-bond acceptors (Lipinski definition) is 3. The SMILES string of the molecule is CCCN(CCNC(=O)Cc1ccccc1Br)S(C)(=O)=O. The fourth-order valence-electron chi connectivity index (χ4n) is 1.89. The fourth-order valence-corrected chi connectivity index (χ4v) is 3.25. The van der Waals surface area contributed by atoms with Gasteiger partial charge in [0.15, 0.2) is 0 Å². The van der Waals surface area contributed by atoms with Crippen molar-refractivity contribution in [2.75, 3.05) is 25.9 Å². The first kappa shape index (κ1) is 18.1. The minimum Gasteiger partial charge on any atom is -0.354 e. The van der Waals surface area contributed by atoms with Crippen LogP contribution in [0, 0.1) is 0 Å². The summed E-state index contributed by atoms with van der Waals surface area (Å²) in [5.74, 6) is -0.119. The van der Waals surface area contributed by atoms with Crippen LogP contribution in [-0.2, 0) is 21.2 Å². The van der Waals surface area contributed by atoms with Crippen LogP contribution in [0.1, 0.15) is 18.9 Å². The summed E-state index contributed by atoms with van der Waals surface area (Å²) in [5, 5.41) is 2.75. The van der Waals surface area contributed by atoms with E-state index in [1.807, 2.05) is 31.2 Å².